The maximum absolute atomic E-state index is 12.1. The first kappa shape index (κ1) is 14.2. The highest BCUT2D eigenvalue weighted by molar-refractivity contribution is 5.77. The van der Waals surface area contributed by atoms with Crippen molar-refractivity contribution < 1.29 is 4.79 Å². The zero-order valence-corrected chi connectivity index (χ0v) is 12.7. The predicted octanol–water partition coefficient (Wildman–Crippen LogP) is 1.51. The molecule has 0 aliphatic heterocycles. The summed E-state index contributed by atoms with van der Waals surface area (Å²) in [7, 11) is 1.78. The summed E-state index contributed by atoms with van der Waals surface area (Å²) in [4.78, 5) is 21.6. The SMILES string of the molecule is Cc1ccc2nc(CN(C)C(=O)CCn3cnnc3)[nH]c2c1. The molecule has 0 saturated heterocycles. The number of aryl methyl sites for hydroxylation is 2. The Bertz CT molecular complexity index is 777. The van der Waals surface area contributed by atoms with Crippen LogP contribution in [-0.2, 0) is 17.9 Å². The molecule has 0 fully saturated rings. The molecule has 7 heteroatoms. The van der Waals surface area contributed by atoms with Crippen LogP contribution in [0.25, 0.3) is 11.0 Å². The minimum Gasteiger partial charge on any atom is -0.340 e. The van der Waals surface area contributed by atoms with Gasteiger partial charge in [-0.15, -0.1) is 10.2 Å². The van der Waals surface area contributed by atoms with Gasteiger partial charge in [0.2, 0.25) is 5.91 Å². The third kappa shape index (κ3) is 3.13. The first-order valence-corrected chi connectivity index (χ1v) is 7.13. The highest BCUT2D eigenvalue weighted by Crippen LogP contribution is 2.14. The number of hydrogen-bond donors (Lipinski definition) is 1. The fraction of sp³-hybridized carbons (Fsp3) is 0.333. The van der Waals surface area contributed by atoms with Crippen LogP contribution in [0.1, 0.15) is 17.8 Å². The van der Waals surface area contributed by atoms with Gasteiger partial charge in [-0.2, -0.15) is 0 Å². The van der Waals surface area contributed by atoms with Crippen molar-refractivity contribution >= 4 is 16.9 Å². The number of carbonyl (C=O) groups excluding carboxylic acids is 1. The Morgan fingerprint density at radius 2 is 2.09 bits per heavy atom. The van der Waals surface area contributed by atoms with Gasteiger partial charge < -0.3 is 14.5 Å². The van der Waals surface area contributed by atoms with E-state index >= 15 is 0 Å². The number of aromatic amines is 1. The molecule has 0 aliphatic rings. The van der Waals surface area contributed by atoms with Gasteiger partial charge in [-0.3, -0.25) is 4.79 Å². The second-order valence-corrected chi connectivity index (χ2v) is 5.40. The molecule has 0 unspecified atom stereocenters. The van der Waals surface area contributed by atoms with Crippen molar-refractivity contribution in [2.45, 2.75) is 26.4 Å². The van der Waals surface area contributed by atoms with Gasteiger partial charge in [0.05, 0.1) is 17.6 Å². The van der Waals surface area contributed by atoms with Crippen molar-refractivity contribution in [1.29, 1.82) is 0 Å². The Kier molecular flexibility index (Phi) is 3.86. The van der Waals surface area contributed by atoms with Crippen molar-refractivity contribution in [3.63, 3.8) is 0 Å². The molecule has 0 bridgehead atoms. The van der Waals surface area contributed by atoms with E-state index in [1.807, 2.05) is 19.1 Å². The van der Waals surface area contributed by atoms with Gasteiger partial charge >= 0.3 is 0 Å². The summed E-state index contributed by atoms with van der Waals surface area (Å²) >= 11 is 0. The van der Waals surface area contributed by atoms with Gasteiger partial charge in [-0.1, -0.05) is 6.07 Å². The second kappa shape index (κ2) is 5.97. The number of benzene rings is 1. The van der Waals surface area contributed by atoms with Crippen molar-refractivity contribution in [2.24, 2.45) is 0 Å². The van der Waals surface area contributed by atoms with Crippen LogP contribution in [0.4, 0.5) is 0 Å². The highest BCUT2D eigenvalue weighted by Gasteiger charge is 2.12. The molecule has 0 saturated carbocycles. The standard InChI is InChI=1S/C15H18N6O/c1-11-3-4-12-13(7-11)19-14(18-12)8-20(2)15(22)5-6-21-9-16-17-10-21/h3-4,7,9-10H,5-6,8H2,1-2H3,(H,18,19). The van der Waals surface area contributed by atoms with E-state index in [-0.39, 0.29) is 5.91 Å². The highest BCUT2D eigenvalue weighted by atomic mass is 16.2. The first-order chi connectivity index (χ1) is 10.6. The van der Waals surface area contributed by atoms with Crippen molar-refractivity contribution in [2.75, 3.05) is 7.05 Å². The monoisotopic (exact) mass is 298 g/mol. The van der Waals surface area contributed by atoms with E-state index in [9.17, 15) is 4.79 Å². The molecule has 22 heavy (non-hydrogen) atoms. The second-order valence-electron chi connectivity index (χ2n) is 5.40. The lowest BCUT2D eigenvalue weighted by Gasteiger charge is -2.15. The third-order valence-electron chi connectivity index (χ3n) is 3.55. The Balaban J connectivity index is 1.61. The summed E-state index contributed by atoms with van der Waals surface area (Å²) in [6.07, 6.45) is 3.62. The maximum Gasteiger partial charge on any atom is 0.224 e. The van der Waals surface area contributed by atoms with Gasteiger partial charge in [0.25, 0.3) is 0 Å². The zero-order valence-electron chi connectivity index (χ0n) is 12.7. The van der Waals surface area contributed by atoms with Crippen molar-refractivity contribution in [3.8, 4) is 0 Å². The zero-order chi connectivity index (χ0) is 15.5. The largest absolute Gasteiger partial charge is 0.340 e. The number of fused-ring (bicyclic) bond motifs is 1. The molecule has 1 amide bonds. The number of imidazole rings is 1. The Hall–Kier alpha value is -2.70. The molecule has 2 heterocycles. The number of amides is 1. The van der Waals surface area contributed by atoms with E-state index in [1.54, 1.807) is 29.2 Å². The molecule has 114 valence electrons. The molecular weight excluding hydrogens is 280 g/mol. The summed E-state index contributed by atoms with van der Waals surface area (Å²) in [6.45, 7) is 3.09. The normalized spacial score (nSPS) is 11.0. The average Bonchev–Trinajstić information content (AvgIpc) is 3.12. The summed E-state index contributed by atoms with van der Waals surface area (Å²) in [5.74, 6) is 0.853. The minimum absolute atomic E-state index is 0.0605. The Morgan fingerprint density at radius 1 is 1.32 bits per heavy atom. The summed E-state index contributed by atoms with van der Waals surface area (Å²) in [5, 5.41) is 7.43. The number of H-pyrrole nitrogens is 1. The summed E-state index contributed by atoms with van der Waals surface area (Å²) in [5.41, 5.74) is 3.10. The molecular formula is C15H18N6O. The Morgan fingerprint density at radius 3 is 2.86 bits per heavy atom. The van der Waals surface area contributed by atoms with E-state index < -0.39 is 0 Å². The lowest BCUT2D eigenvalue weighted by molar-refractivity contribution is -0.130. The number of hydrogen-bond acceptors (Lipinski definition) is 4. The van der Waals surface area contributed by atoms with Crippen molar-refractivity contribution in [1.82, 2.24) is 29.6 Å². The van der Waals surface area contributed by atoms with Gasteiger partial charge in [0.1, 0.15) is 18.5 Å². The van der Waals surface area contributed by atoms with Gasteiger partial charge in [0, 0.05) is 20.0 Å². The maximum atomic E-state index is 12.1. The van der Waals surface area contributed by atoms with Crippen LogP contribution in [0.15, 0.2) is 30.9 Å². The molecule has 0 spiro atoms. The Labute approximate surface area is 128 Å². The van der Waals surface area contributed by atoms with Crippen LogP contribution in [0, 0.1) is 6.92 Å². The van der Waals surface area contributed by atoms with Crippen LogP contribution in [0.2, 0.25) is 0 Å². The first-order valence-electron chi connectivity index (χ1n) is 7.13. The van der Waals surface area contributed by atoms with Crippen LogP contribution < -0.4 is 0 Å². The smallest absolute Gasteiger partial charge is 0.224 e. The summed E-state index contributed by atoms with van der Waals surface area (Å²) < 4.78 is 1.79. The molecule has 0 radical (unpaired) electrons. The van der Waals surface area contributed by atoms with Gasteiger partial charge in [-0.25, -0.2) is 4.98 Å². The fourth-order valence-corrected chi connectivity index (χ4v) is 2.32. The molecule has 0 atom stereocenters. The predicted molar refractivity (Wildman–Crippen MR) is 81.9 cm³/mol. The lowest BCUT2D eigenvalue weighted by Crippen LogP contribution is -2.27. The average molecular weight is 298 g/mol. The molecule has 7 nitrogen and oxygen atoms in total. The lowest BCUT2D eigenvalue weighted by atomic mass is 10.2. The van der Waals surface area contributed by atoms with E-state index in [0.29, 0.717) is 19.5 Å². The van der Waals surface area contributed by atoms with Crippen LogP contribution in [0.5, 0.6) is 0 Å². The number of aromatic nitrogens is 5. The molecule has 2 aromatic heterocycles. The van der Waals surface area contributed by atoms with E-state index in [4.69, 9.17) is 0 Å². The number of nitrogens with zero attached hydrogens (tertiary/aromatic N) is 5. The van der Waals surface area contributed by atoms with Gasteiger partial charge in [0.15, 0.2) is 0 Å². The number of rotatable bonds is 5. The molecule has 3 aromatic rings. The quantitative estimate of drug-likeness (QED) is 0.774. The third-order valence-corrected chi connectivity index (χ3v) is 3.55. The number of nitrogens with one attached hydrogen (secondary N) is 1. The summed E-state index contributed by atoms with van der Waals surface area (Å²) in [6, 6.07) is 6.07. The fourth-order valence-electron chi connectivity index (χ4n) is 2.32. The molecule has 1 aromatic carbocycles. The molecule has 1 N–H and O–H groups in total. The van der Waals surface area contributed by atoms with Gasteiger partial charge in [-0.05, 0) is 24.6 Å². The number of carbonyl (C=O) groups is 1. The molecule has 3 rings (SSSR count). The topological polar surface area (TPSA) is 79.7 Å². The van der Waals surface area contributed by atoms with Crippen molar-refractivity contribution in [3.05, 3.63) is 42.2 Å². The van der Waals surface area contributed by atoms with Crippen LogP contribution in [0.3, 0.4) is 0 Å². The van der Waals surface area contributed by atoms with E-state index in [0.717, 1.165) is 16.9 Å². The van der Waals surface area contributed by atoms with E-state index in [1.165, 1.54) is 5.56 Å². The van der Waals surface area contributed by atoms with Crippen LogP contribution in [-0.4, -0.2) is 42.6 Å². The van der Waals surface area contributed by atoms with Crippen LogP contribution >= 0.6 is 0 Å². The van der Waals surface area contributed by atoms with E-state index in [2.05, 4.69) is 26.2 Å². The molecule has 0 aliphatic carbocycles. The minimum atomic E-state index is 0.0605.